The number of nitrogens with zero attached hydrogens (tertiary/aromatic N) is 1. The Kier molecular flexibility index (Phi) is 7.71. The molecule has 0 fully saturated rings. The van der Waals surface area contributed by atoms with Crippen molar-refractivity contribution >= 4 is 5.97 Å². The van der Waals surface area contributed by atoms with Crippen LogP contribution >= 0.6 is 0 Å². The minimum absolute atomic E-state index is 0.0438. The predicted octanol–water partition coefficient (Wildman–Crippen LogP) is 3.05. The second-order valence-electron chi connectivity index (χ2n) is 4.01. The zero-order valence-electron chi connectivity index (χ0n) is 9.95. The zero-order valence-corrected chi connectivity index (χ0v) is 9.95. The van der Waals surface area contributed by atoms with Crippen molar-refractivity contribution in [1.82, 2.24) is 0 Å². The molecule has 0 aliphatic rings. The molecule has 2 atom stereocenters. The maximum Gasteiger partial charge on any atom is 0.308 e. The minimum atomic E-state index is -0.281. The topological polar surface area (TPSA) is 50.1 Å². The number of hydrogen-bond acceptors (Lipinski definition) is 3. The summed E-state index contributed by atoms with van der Waals surface area (Å²) < 4.78 is 5.12. The van der Waals surface area contributed by atoms with E-state index in [0.29, 0.717) is 0 Å². The first-order valence-electron chi connectivity index (χ1n) is 5.69. The number of esters is 1. The van der Waals surface area contributed by atoms with E-state index < -0.39 is 0 Å². The van der Waals surface area contributed by atoms with Gasteiger partial charge < -0.3 is 4.74 Å². The van der Waals surface area contributed by atoms with Gasteiger partial charge in [-0.3, -0.25) is 4.79 Å². The highest BCUT2D eigenvalue weighted by Gasteiger charge is 2.16. The maximum absolute atomic E-state index is 11.5. The first-order chi connectivity index (χ1) is 7.11. The first-order valence-corrected chi connectivity index (χ1v) is 5.69. The van der Waals surface area contributed by atoms with E-state index in [4.69, 9.17) is 10.00 Å². The largest absolute Gasteiger partial charge is 0.461 e. The molecule has 0 bridgehead atoms. The van der Waals surface area contributed by atoms with E-state index in [-0.39, 0.29) is 24.4 Å². The van der Waals surface area contributed by atoms with Gasteiger partial charge in [-0.1, -0.05) is 33.1 Å². The second-order valence-corrected chi connectivity index (χ2v) is 4.01. The molecular weight excluding hydrogens is 190 g/mol. The normalized spacial score (nSPS) is 14.0. The monoisotopic (exact) mass is 211 g/mol. The maximum atomic E-state index is 11.5. The average Bonchev–Trinajstić information content (AvgIpc) is 2.18. The molecular formula is C12H21NO2. The molecule has 0 rings (SSSR count). The quantitative estimate of drug-likeness (QED) is 0.480. The van der Waals surface area contributed by atoms with Crippen LogP contribution in [0.4, 0.5) is 0 Å². The van der Waals surface area contributed by atoms with Crippen LogP contribution < -0.4 is 0 Å². The summed E-state index contributed by atoms with van der Waals surface area (Å²) in [4.78, 5) is 11.5. The SMILES string of the molecule is CCCCCC(C)C(=O)OC(C)CC#N. The number of carbonyl (C=O) groups excluding carboxylic acids is 1. The van der Waals surface area contributed by atoms with E-state index in [9.17, 15) is 4.79 Å². The van der Waals surface area contributed by atoms with Crippen LogP contribution in [0.25, 0.3) is 0 Å². The van der Waals surface area contributed by atoms with Crippen LogP contribution in [0, 0.1) is 17.2 Å². The summed E-state index contributed by atoms with van der Waals surface area (Å²) >= 11 is 0. The van der Waals surface area contributed by atoms with Gasteiger partial charge in [0, 0.05) is 0 Å². The first kappa shape index (κ1) is 14.0. The fourth-order valence-corrected chi connectivity index (χ4v) is 1.30. The lowest BCUT2D eigenvalue weighted by atomic mass is 10.0. The van der Waals surface area contributed by atoms with Crippen LogP contribution in [0.3, 0.4) is 0 Å². The van der Waals surface area contributed by atoms with E-state index in [0.717, 1.165) is 25.7 Å². The Bertz CT molecular complexity index is 220. The predicted molar refractivity (Wildman–Crippen MR) is 59.1 cm³/mol. The summed E-state index contributed by atoms with van der Waals surface area (Å²) in [5.74, 6) is -0.216. The number of rotatable bonds is 7. The minimum Gasteiger partial charge on any atom is -0.461 e. The van der Waals surface area contributed by atoms with Gasteiger partial charge in [0.2, 0.25) is 0 Å². The lowest BCUT2D eigenvalue weighted by Gasteiger charge is -2.14. The van der Waals surface area contributed by atoms with Gasteiger partial charge in [-0.15, -0.1) is 0 Å². The fraction of sp³-hybridized carbons (Fsp3) is 0.833. The zero-order chi connectivity index (χ0) is 11.7. The number of unbranched alkanes of at least 4 members (excludes halogenated alkanes) is 2. The third kappa shape index (κ3) is 6.96. The van der Waals surface area contributed by atoms with Crippen LogP contribution in [-0.2, 0) is 9.53 Å². The van der Waals surface area contributed by atoms with E-state index in [1.54, 1.807) is 6.92 Å². The highest BCUT2D eigenvalue weighted by molar-refractivity contribution is 5.72. The average molecular weight is 211 g/mol. The summed E-state index contributed by atoms with van der Waals surface area (Å²) in [7, 11) is 0. The number of ether oxygens (including phenoxy) is 1. The van der Waals surface area contributed by atoms with Crippen molar-refractivity contribution in [1.29, 1.82) is 5.26 Å². The molecule has 0 saturated heterocycles. The highest BCUT2D eigenvalue weighted by atomic mass is 16.5. The van der Waals surface area contributed by atoms with Crippen LogP contribution in [0.5, 0.6) is 0 Å². The molecule has 0 amide bonds. The fourth-order valence-electron chi connectivity index (χ4n) is 1.30. The summed E-state index contributed by atoms with van der Waals surface area (Å²) in [6.07, 6.45) is 4.26. The van der Waals surface area contributed by atoms with Crippen molar-refractivity contribution in [3.05, 3.63) is 0 Å². The van der Waals surface area contributed by atoms with Crippen molar-refractivity contribution < 1.29 is 9.53 Å². The molecule has 0 aliphatic carbocycles. The van der Waals surface area contributed by atoms with Gasteiger partial charge in [-0.05, 0) is 13.3 Å². The lowest BCUT2D eigenvalue weighted by molar-refractivity contribution is -0.152. The van der Waals surface area contributed by atoms with Crippen molar-refractivity contribution in [2.75, 3.05) is 0 Å². The highest BCUT2D eigenvalue weighted by Crippen LogP contribution is 2.12. The van der Waals surface area contributed by atoms with E-state index in [1.807, 2.05) is 13.0 Å². The van der Waals surface area contributed by atoms with Gasteiger partial charge in [0.05, 0.1) is 18.4 Å². The van der Waals surface area contributed by atoms with Gasteiger partial charge in [0.1, 0.15) is 6.10 Å². The van der Waals surface area contributed by atoms with Gasteiger partial charge in [-0.25, -0.2) is 0 Å². The smallest absolute Gasteiger partial charge is 0.308 e. The van der Waals surface area contributed by atoms with Crippen molar-refractivity contribution in [2.45, 2.75) is 59.0 Å². The Balaban J connectivity index is 3.74. The molecule has 0 aliphatic heterocycles. The molecule has 0 radical (unpaired) electrons. The van der Waals surface area contributed by atoms with E-state index in [2.05, 4.69) is 6.92 Å². The van der Waals surface area contributed by atoms with Gasteiger partial charge in [0.15, 0.2) is 0 Å². The molecule has 3 heteroatoms. The molecule has 0 aromatic heterocycles. The molecule has 0 saturated carbocycles. The number of hydrogen-bond donors (Lipinski definition) is 0. The van der Waals surface area contributed by atoms with Crippen molar-refractivity contribution in [3.63, 3.8) is 0 Å². The van der Waals surface area contributed by atoms with Crippen molar-refractivity contribution in [3.8, 4) is 6.07 Å². The molecule has 2 unspecified atom stereocenters. The third-order valence-electron chi connectivity index (χ3n) is 2.34. The third-order valence-corrected chi connectivity index (χ3v) is 2.34. The van der Waals surface area contributed by atoms with Crippen LogP contribution in [0.2, 0.25) is 0 Å². The summed E-state index contributed by atoms with van der Waals surface area (Å²) in [5.41, 5.74) is 0. The molecule has 3 nitrogen and oxygen atoms in total. The number of nitriles is 1. The molecule has 86 valence electrons. The molecule has 0 spiro atoms. The summed E-state index contributed by atoms with van der Waals surface area (Å²) in [6.45, 7) is 5.77. The van der Waals surface area contributed by atoms with Crippen LogP contribution in [-0.4, -0.2) is 12.1 Å². The molecule has 0 aromatic carbocycles. The van der Waals surface area contributed by atoms with E-state index >= 15 is 0 Å². The van der Waals surface area contributed by atoms with Crippen LogP contribution in [0.1, 0.15) is 52.9 Å². The Labute approximate surface area is 92.4 Å². The van der Waals surface area contributed by atoms with Gasteiger partial charge >= 0.3 is 5.97 Å². The standard InChI is InChI=1S/C12H21NO2/c1-4-5-6-7-10(2)12(14)15-11(3)8-9-13/h10-11H,4-8H2,1-3H3. The van der Waals surface area contributed by atoms with Gasteiger partial charge in [-0.2, -0.15) is 5.26 Å². The lowest BCUT2D eigenvalue weighted by Crippen LogP contribution is -2.20. The second kappa shape index (κ2) is 8.28. The van der Waals surface area contributed by atoms with Gasteiger partial charge in [0.25, 0.3) is 0 Å². The number of carbonyl (C=O) groups is 1. The Hall–Kier alpha value is -1.04. The molecule has 0 heterocycles. The van der Waals surface area contributed by atoms with Crippen molar-refractivity contribution in [2.24, 2.45) is 5.92 Å². The molecule has 15 heavy (non-hydrogen) atoms. The summed E-state index contributed by atoms with van der Waals surface area (Å²) in [5, 5.41) is 8.42. The Morgan fingerprint density at radius 3 is 2.60 bits per heavy atom. The molecule has 0 N–H and O–H groups in total. The Morgan fingerprint density at radius 2 is 2.07 bits per heavy atom. The van der Waals surface area contributed by atoms with Crippen LogP contribution in [0.15, 0.2) is 0 Å². The summed E-state index contributed by atoms with van der Waals surface area (Å²) in [6, 6.07) is 1.99. The molecule has 0 aromatic rings. The van der Waals surface area contributed by atoms with E-state index in [1.165, 1.54) is 0 Å². The Morgan fingerprint density at radius 1 is 1.40 bits per heavy atom.